The van der Waals surface area contributed by atoms with Crippen molar-refractivity contribution in [3.8, 4) is 0 Å². The van der Waals surface area contributed by atoms with E-state index in [0.717, 1.165) is 10.1 Å². The molecular formula is C11H10O2S. The normalized spacial score (nSPS) is 10.4. The maximum absolute atomic E-state index is 11.4. The van der Waals surface area contributed by atoms with Gasteiger partial charge in [-0.3, -0.25) is 0 Å². The third-order valence-corrected chi connectivity index (χ3v) is 3.17. The molecule has 1 aromatic heterocycles. The Hall–Kier alpha value is -1.35. The number of esters is 1. The minimum atomic E-state index is -0.266. The summed E-state index contributed by atoms with van der Waals surface area (Å²) in [6.07, 6.45) is 0. The Morgan fingerprint density at radius 2 is 2.21 bits per heavy atom. The predicted octanol–water partition coefficient (Wildman–Crippen LogP) is 3.00. The average Bonchev–Trinajstić information content (AvgIpc) is 2.56. The van der Waals surface area contributed by atoms with Crippen LogP contribution in [0.25, 0.3) is 10.1 Å². The van der Waals surface area contributed by atoms with E-state index in [1.54, 1.807) is 17.4 Å². The number of thiophene rings is 1. The van der Waals surface area contributed by atoms with E-state index >= 15 is 0 Å². The zero-order valence-electron chi connectivity index (χ0n) is 8.03. The van der Waals surface area contributed by atoms with Crippen LogP contribution >= 0.6 is 11.3 Å². The van der Waals surface area contributed by atoms with Gasteiger partial charge >= 0.3 is 5.97 Å². The topological polar surface area (TPSA) is 26.3 Å². The van der Waals surface area contributed by atoms with Crippen molar-refractivity contribution in [2.45, 2.75) is 6.92 Å². The van der Waals surface area contributed by atoms with Gasteiger partial charge in [-0.05, 0) is 24.4 Å². The number of fused-ring (bicyclic) bond motifs is 1. The highest BCUT2D eigenvalue weighted by Gasteiger charge is 2.11. The molecule has 0 N–H and O–H groups in total. The summed E-state index contributed by atoms with van der Waals surface area (Å²) in [5, 5.41) is 1.11. The highest BCUT2D eigenvalue weighted by molar-refractivity contribution is 7.19. The van der Waals surface area contributed by atoms with E-state index < -0.39 is 0 Å². The molecule has 0 aliphatic rings. The van der Waals surface area contributed by atoms with E-state index in [9.17, 15) is 4.79 Å². The summed E-state index contributed by atoms with van der Waals surface area (Å²) in [6, 6.07) is 7.75. The van der Waals surface area contributed by atoms with Gasteiger partial charge in [-0.25, -0.2) is 4.79 Å². The van der Waals surface area contributed by atoms with Gasteiger partial charge in [0.15, 0.2) is 0 Å². The van der Waals surface area contributed by atoms with Crippen molar-refractivity contribution in [3.05, 3.63) is 34.7 Å². The summed E-state index contributed by atoms with van der Waals surface area (Å²) < 4.78 is 5.73. The van der Waals surface area contributed by atoms with Gasteiger partial charge in [0.05, 0.1) is 12.7 Å². The van der Waals surface area contributed by atoms with Gasteiger partial charge in [-0.1, -0.05) is 12.1 Å². The van der Waals surface area contributed by atoms with Gasteiger partial charge in [0.25, 0.3) is 0 Å². The van der Waals surface area contributed by atoms with Gasteiger partial charge in [0.1, 0.15) is 0 Å². The Labute approximate surface area is 86.1 Å². The third kappa shape index (κ3) is 1.40. The molecule has 0 atom stereocenters. The van der Waals surface area contributed by atoms with Gasteiger partial charge in [0, 0.05) is 9.58 Å². The molecule has 2 aromatic rings. The molecule has 0 radical (unpaired) electrons. The smallest absolute Gasteiger partial charge is 0.339 e. The summed E-state index contributed by atoms with van der Waals surface area (Å²) in [7, 11) is 1.40. The summed E-state index contributed by atoms with van der Waals surface area (Å²) in [5.74, 6) is -0.266. The number of benzene rings is 1. The number of hydrogen-bond acceptors (Lipinski definition) is 3. The fraction of sp³-hybridized carbons (Fsp3) is 0.182. The van der Waals surface area contributed by atoms with Crippen molar-refractivity contribution in [1.82, 2.24) is 0 Å². The van der Waals surface area contributed by atoms with Crippen LogP contribution in [0.5, 0.6) is 0 Å². The van der Waals surface area contributed by atoms with Crippen molar-refractivity contribution < 1.29 is 9.53 Å². The Bertz CT molecular complexity index is 485. The molecule has 1 aromatic carbocycles. The zero-order valence-corrected chi connectivity index (χ0v) is 8.85. The second-order valence-corrected chi connectivity index (χ2v) is 4.33. The lowest BCUT2D eigenvalue weighted by Crippen LogP contribution is -2.00. The number of carbonyl (C=O) groups excluding carboxylic acids is 1. The highest BCUT2D eigenvalue weighted by atomic mass is 32.1. The van der Waals surface area contributed by atoms with E-state index in [-0.39, 0.29) is 5.97 Å². The molecule has 14 heavy (non-hydrogen) atoms. The summed E-state index contributed by atoms with van der Waals surface area (Å²) in [6.45, 7) is 2.03. The molecule has 0 saturated carbocycles. The SMILES string of the molecule is COC(=O)c1cccc2cc(C)sc12. The van der Waals surface area contributed by atoms with Crippen molar-refractivity contribution >= 4 is 27.4 Å². The van der Waals surface area contributed by atoms with Gasteiger partial charge in [-0.2, -0.15) is 0 Å². The van der Waals surface area contributed by atoms with Crippen molar-refractivity contribution in [2.75, 3.05) is 7.11 Å². The van der Waals surface area contributed by atoms with E-state index in [4.69, 9.17) is 4.74 Å². The van der Waals surface area contributed by atoms with E-state index in [1.807, 2.05) is 19.1 Å². The summed E-state index contributed by atoms with van der Waals surface area (Å²) in [4.78, 5) is 12.6. The van der Waals surface area contributed by atoms with E-state index in [2.05, 4.69) is 6.07 Å². The van der Waals surface area contributed by atoms with Crippen LogP contribution in [-0.4, -0.2) is 13.1 Å². The number of methoxy groups -OCH3 is 1. The average molecular weight is 206 g/mol. The minimum Gasteiger partial charge on any atom is -0.465 e. The first-order valence-corrected chi connectivity index (χ1v) is 5.11. The molecule has 0 bridgehead atoms. The van der Waals surface area contributed by atoms with Crippen molar-refractivity contribution in [3.63, 3.8) is 0 Å². The molecule has 0 amide bonds. The van der Waals surface area contributed by atoms with Crippen LogP contribution < -0.4 is 0 Å². The lowest BCUT2D eigenvalue weighted by atomic mass is 10.1. The molecule has 0 aliphatic carbocycles. The molecule has 0 unspecified atom stereocenters. The predicted molar refractivity (Wildman–Crippen MR) is 57.9 cm³/mol. The van der Waals surface area contributed by atoms with Gasteiger partial charge < -0.3 is 4.74 Å². The van der Waals surface area contributed by atoms with E-state index in [0.29, 0.717) is 5.56 Å². The number of carbonyl (C=O) groups is 1. The molecular weight excluding hydrogens is 196 g/mol. The van der Waals surface area contributed by atoms with Crippen LogP contribution in [0.4, 0.5) is 0 Å². The van der Waals surface area contributed by atoms with Crippen molar-refractivity contribution in [1.29, 1.82) is 0 Å². The van der Waals surface area contributed by atoms with Crippen LogP contribution in [0.1, 0.15) is 15.2 Å². The second kappa shape index (κ2) is 3.42. The van der Waals surface area contributed by atoms with Crippen LogP contribution in [-0.2, 0) is 4.74 Å². The zero-order chi connectivity index (χ0) is 10.1. The summed E-state index contributed by atoms with van der Waals surface area (Å²) in [5.41, 5.74) is 0.656. The first kappa shape index (κ1) is 9.21. The van der Waals surface area contributed by atoms with E-state index in [1.165, 1.54) is 12.0 Å². The Kier molecular flexibility index (Phi) is 2.25. The molecule has 0 aliphatic heterocycles. The number of aryl methyl sites for hydroxylation is 1. The van der Waals surface area contributed by atoms with Gasteiger partial charge in [-0.15, -0.1) is 11.3 Å². The maximum atomic E-state index is 11.4. The van der Waals surface area contributed by atoms with Crippen LogP contribution in [0.15, 0.2) is 24.3 Å². The fourth-order valence-electron chi connectivity index (χ4n) is 1.46. The van der Waals surface area contributed by atoms with Crippen LogP contribution in [0.2, 0.25) is 0 Å². The third-order valence-electron chi connectivity index (χ3n) is 2.07. The molecule has 0 saturated heterocycles. The molecule has 2 rings (SSSR count). The molecule has 3 heteroatoms. The molecule has 2 nitrogen and oxygen atoms in total. The van der Waals surface area contributed by atoms with Crippen LogP contribution in [0, 0.1) is 6.92 Å². The monoisotopic (exact) mass is 206 g/mol. The first-order chi connectivity index (χ1) is 6.72. The minimum absolute atomic E-state index is 0.266. The Morgan fingerprint density at radius 3 is 2.93 bits per heavy atom. The highest BCUT2D eigenvalue weighted by Crippen LogP contribution is 2.28. The van der Waals surface area contributed by atoms with Gasteiger partial charge in [0.2, 0.25) is 0 Å². The van der Waals surface area contributed by atoms with Crippen LogP contribution in [0.3, 0.4) is 0 Å². The lowest BCUT2D eigenvalue weighted by molar-refractivity contribution is 0.0603. The number of ether oxygens (including phenoxy) is 1. The first-order valence-electron chi connectivity index (χ1n) is 4.30. The number of hydrogen-bond donors (Lipinski definition) is 0. The molecule has 72 valence electrons. The Morgan fingerprint density at radius 1 is 1.43 bits per heavy atom. The second-order valence-electron chi connectivity index (χ2n) is 3.07. The van der Waals surface area contributed by atoms with Crippen molar-refractivity contribution in [2.24, 2.45) is 0 Å². The summed E-state index contributed by atoms with van der Waals surface area (Å²) >= 11 is 1.62. The molecule has 0 spiro atoms. The Balaban J connectivity index is 2.70. The molecule has 0 fully saturated rings. The lowest BCUT2D eigenvalue weighted by Gasteiger charge is -1.99. The fourth-order valence-corrected chi connectivity index (χ4v) is 2.48. The standard InChI is InChI=1S/C11H10O2S/c1-7-6-8-4-3-5-9(10(8)14-7)11(12)13-2/h3-6H,1-2H3. The maximum Gasteiger partial charge on any atom is 0.339 e. The largest absolute Gasteiger partial charge is 0.465 e. The molecule has 1 heterocycles. The quantitative estimate of drug-likeness (QED) is 0.670. The number of rotatable bonds is 1.